The minimum atomic E-state index is 0.444. The third-order valence-electron chi connectivity index (χ3n) is 4.13. The Bertz CT molecular complexity index is 1050. The Labute approximate surface area is 154 Å². The molecule has 2 N–H and O–H groups in total. The zero-order valence-electron chi connectivity index (χ0n) is 14.2. The van der Waals surface area contributed by atoms with Crippen LogP contribution in [0.3, 0.4) is 0 Å². The quantitative estimate of drug-likeness (QED) is 0.389. The monoisotopic (exact) mass is 366 g/mol. The van der Waals surface area contributed by atoms with Crippen LogP contribution in [0.15, 0.2) is 48.7 Å². The first-order chi connectivity index (χ1) is 12.8. The first-order valence-corrected chi connectivity index (χ1v) is 9.10. The van der Waals surface area contributed by atoms with Gasteiger partial charge in [-0.2, -0.15) is 0 Å². The average Bonchev–Trinajstić information content (AvgIpc) is 3.23. The highest BCUT2D eigenvalue weighted by atomic mass is 32.1. The van der Waals surface area contributed by atoms with Gasteiger partial charge in [-0.15, -0.1) is 0 Å². The summed E-state index contributed by atoms with van der Waals surface area (Å²) in [4.78, 5) is 16.0. The molecule has 1 amide bonds. The predicted octanol–water partition coefficient (Wildman–Crippen LogP) is 3.38. The lowest BCUT2D eigenvalue weighted by atomic mass is 10.1. The maximum atomic E-state index is 10.2. The molecule has 0 saturated heterocycles. The number of ether oxygens (including phenoxy) is 1. The van der Waals surface area contributed by atoms with Crippen LogP contribution in [0.5, 0.6) is 5.75 Å². The summed E-state index contributed by atoms with van der Waals surface area (Å²) in [7, 11) is 1.91. The molecule has 0 atom stereocenters. The Kier molecular flexibility index (Phi) is 4.45. The van der Waals surface area contributed by atoms with E-state index in [1.54, 1.807) is 11.3 Å². The molecule has 6 nitrogen and oxygen atoms in total. The topological polar surface area (TPSA) is 67.7 Å². The van der Waals surface area contributed by atoms with Crippen LogP contribution in [0.4, 0.5) is 5.69 Å². The van der Waals surface area contributed by atoms with Crippen LogP contribution in [0, 0.1) is 0 Å². The van der Waals surface area contributed by atoms with Crippen LogP contribution in [-0.4, -0.2) is 36.0 Å². The second-order valence-electron chi connectivity index (χ2n) is 5.76. The standard InChI is InChI=1S/C19H18N4O2S/c1-20-14-4-2-13(3-5-14)16-11-23-17-7-6-15(25-9-8-21-12-24)10-18(17)26-19(23)22-16/h2-7,10-12,20H,8-9H2,1H3,(H,21,24). The van der Waals surface area contributed by atoms with Crippen molar-refractivity contribution in [2.45, 2.75) is 0 Å². The number of thiazole rings is 1. The summed E-state index contributed by atoms with van der Waals surface area (Å²) in [6.45, 7) is 0.935. The van der Waals surface area contributed by atoms with Gasteiger partial charge in [0, 0.05) is 24.5 Å². The minimum Gasteiger partial charge on any atom is -0.492 e. The largest absolute Gasteiger partial charge is 0.492 e. The number of anilines is 1. The van der Waals surface area contributed by atoms with Gasteiger partial charge < -0.3 is 15.4 Å². The number of carbonyl (C=O) groups is 1. The molecule has 0 radical (unpaired) electrons. The normalized spacial score (nSPS) is 11.0. The molecule has 0 aliphatic heterocycles. The SMILES string of the molecule is CNc1ccc(-c2cn3c(n2)sc2cc(OCCNC=O)ccc23)cc1. The second kappa shape index (κ2) is 7.05. The van der Waals surface area contributed by atoms with E-state index in [2.05, 4.69) is 33.4 Å². The molecule has 0 aliphatic rings. The number of hydrogen-bond donors (Lipinski definition) is 2. The lowest BCUT2D eigenvalue weighted by Crippen LogP contribution is -2.18. The van der Waals surface area contributed by atoms with E-state index in [-0.39, 0.29) is 0 Å². The van der Waals surface area contributed by atoms with Gasteiger partial charge in [0.1, 0.15) is 12.4 Å². The van der Waals surface area contributed by atoms with Crippen molar-refractivity contribution < 1.29 is 9.53 Å². The van der Waals surface area contributed by atoms with E-state index >= 15 is 0 Å². The van der Waals surface area contributed by atoms with Crippen molar-refractivity contribution in [3.63, 3.8) is 0 Å². The van der Waals surface area contributed by atoms with Gasteiger partial charge in [-0.1, -0.05) is 23.5 Å². The number of nitrogens with zero attached hydrogens (tertiary/aromatic N) is 2. The van der Waals surface area contributed by atoms with E-state index in [1.165, 1.54) is 0 Å². The van der Waals surface area contributed by atoms with Crippen molar-refractivity contribution in [3.8, 4) is 17.0 Å². The fourth-order valence-electron chi connectivity index (χ4n) is 2.80. The number of aromatic nitrogens is 2. The van der Waals surface area contributed by atoms with Crippen molar-refractivity contribution in [3.05, 3.63) is 48.7 Å². The van der Waals surface area contributed by atoms with Gasteiger partial charge in [0.05, 0.1) is 22.5 Å². The van der Waals surface area contributed by atoms with Crippen LogP contribution < -0.4 is 15.4 Å². The lowest BCUT2D eigenvalue weighted by Gasteiger charge is -2.05. The van der Waals surface area contributed by atoms with Gasteiger partial charge in [-0.25, -0.2) is 4.98 Å². The number of benzene rings is 2. The highest BCUT2D eigenvalue weighted by Crippen LogP contribution is 2.32. The molecule has 0 saturated carbocycles. The van der Waals surface area contributed by atoms with E-state index in [4.69, 9.17) is 9.72 Å². The average molecular weight is 366 g/mol. The molecule has 132 valence electrons. The molecule has 2 aromatic heterocycles. The molecule has 4 aromatic rings. The third kappa shape index (κ3) is 3.09. The van der Waals surface area contributed by atoms with Crippen LogP contribution in [0.2, 0.25) is 0 Å². The number of fused-ring (bicyclic) bond motifs is 3. The summed E-state index contributed by atoms with van der Waals surface area (Å²) in [5, 5.41) is 5.70. The Balaban J connectivity index is 1.61. The van der Waals surface area contributed by atoms with Crippen molar-refractivity contribution in [1.82, 2.24) is 14.7 Å². The second-order valence-corrected chi connectivity index (χ2v) is 6.77. The number of nitrogens with one attached hydrogen (secondary N) is 2. The molecule has 4 rings (SSSR count). The van der Waals surface area contributed by atoms with Crippen molar-refractivity contribution in [2.24, 2.45) is 0 Å². The Hall–Kier alpha value is -3.06. The fraction of sp³-hybridized carbons (Fsp3) is 0.158. The Morgan fingerprint density at radius 1 is 1.23 bits per heavy atom. The highest BCUT2D eigenvalue weighted by molar-refractivity contribution is 7.23. The molecule has 0 unspecified atom stereocenters. The minimum absolute atomic E-state index is 0.444. The maximum Gasteiger partial charge on any atom is 0.207 e. The highest BCUT2D eigenvalue weighted by Gasteiger charge is 2.11. The molecule has 7 heteroatoms. The summed E-state index contributed by atoms with van der Waals surface area (Å²) >= 11 is 1.63. The smallest absolute Gasteiger partial charge is 0.207 e. The van der Waals surface area contributed by atoms with Crippen LogP contribution in [0.1, 0.15) is 0 Å². The lowest BCUT2D eigenvalue weighted by molar-refractivity contribution is -0.109. The van der Waals surface area contributed by atoms with Crippen molar-refractivity contribution in [2.75, 3.05) is 25.5 Å². The van der Waals surface area contributed by atoms with Gasteiger partial charge in [-0.05, 0) is 30.3 Å². The van der Waals surface area contributed by atoms with Gasteiger partial charge >= 0.3 is 0 Å². The first kappa shape index (κ1) is 16.4. The molecule has 0 bridgehead atoms. The van der Waals surface area contributed by atoms with Crippen LogP contribution in [0.25, 0.3) is 26.4 Å². The van der Waals surface area contributed by atoms with Crippen molar-refractivity contribution >= 4 is 38.6 Å². The predicted molar refractivity (Wildman–Crippen MR) is 105 cm³/mol. The van der Waals surface area contributed by atoms with Gasteiger partial charge in [0.2, 0.25) is 6.41 Å². The number of imidazole rings is 1. The number of hydrogen-bond acceptors (Lipinski definition) is 5. The molecular formula is C19H18N4O2S. The summed E-state index contributed by atoms with van der Waals surface area (Å²) in [5.41, 5.74) is 4.24. The Morgan fingerprint density at radius 2 is 2.08 bits per heavy atom. The molecule has 26 heavy (non-hydrogen) atoms. The molecule has 0 fully saturated rings. The third-order valence-corrected chi connectivity index (χ3v) is 5.15. The number of carbonyl (C=O) groups excluding carboxylic acids is 1. The van der Waals surface area contributed by atoms with Crippen LogP contribution in [-0.2, 0) is 4.79 Å². The summed E-state index contributed by atoms with van der Waals surface area (Å²) in [6.07, 6.45) is 2.74. The van der Waals surface area contributed by atoms with Gasteiger partial charge in [0.15, 0.2) is 4.96 Å². The summed E-state index contributed by atoms with van der Waals surface area (Å²) in [6, 6.07) is 14.2. The van der Waals surface area contributed by atoms with E-state index in [0.29, 0.717) is 19.6 Å². The maximum absolute atomic E-state index is 10.2. The summed E-state index contributed by atoms with van der Waals surface area (Å²) in [5.74, 6) is 0.789. The van der Waals surface area contributed by atoms with Crippen molar-refractivity contribution in [1.29, 1.82) is 0 Å². The zero-order valence-corrected chi connectivity index (χ0v) is 15.0. The zero-order chi connectivity index (χ0) is 17.9. The molecule has 0 spiro atoms. The molecule has 2 heterocycles. The Morgan fingerprint density at radius 3 is 2.85 bits per heavy atom. The number of amides is 1. The van der Waals surface area contributed by atoms with E-state index in [9.17, 15) is 4.79 Å². The molecular weight excluding hydrogens is 348 g/mol. The molecule has 2 aromatic carbocycles. The number of rotatable bonds is 7. The van der Waals surface area contributed by atoms with Crippen LogP contribution >= 0.6 is 11.3 Å². The fourth-order valence-corrected chi connectivity index (χ4v) is 3.84. The first-order valence-electron chi connectivity index (χ1n) is 8.28. The van der Waals surface area contributed by atoms with E-state index in [0.717, 1.165) is 37.9 Å². The summed E-state index contributed by atoms with van der Waals surface area (Å²) < 4.78 is 8.88. The van der Waals surface area contributed by atoms with Gasteiger partial charge in [0.25, 0.3) is 0 Å². The van der Waals surface area contributed by atoms with E-state index < -0.39 is 0 Å². The molecule has 0 aliphatic carbocycles. The van der Waals surface area contributed by atoms with Gasteiger partial charge in [-0.3, -0.25) is 9.20 Å². The van der Waals surface area contributed by atoms with E-state index in [1.807, 2.05) is 37.4 Å².